The highest BCUT2D eigenvalue weighted by Crippen LogP contribution is 2.22. The lowest BCUT2D eigenvalue weighted by Gasteiger charge is -2.12. The lowest BCUT2D eigenvalue weighted by molar-refractivity contribution is 0.102. The van der Waals surface area contributed by atoms with Crippen molar-refractivity contribution in [2.45, 2.75) is 13.8 Å². The summed E-state index contributed by atoms with van der Waals surface area (Å²) in [4.78, 5) is 20.7. The summed E-state index contributed by atoms with van der Waals surface area (Å²) in [6.45, 7) is 3.96. The molecule has 0 unspecified atom stereocenters. The lowest BCUT2D eigenvalue weighted by atomic mass is 10.1. The van der Waals surface area contributed by atoms with Gasteiger partial charge < -0.3 is 10.6 Å². The van der Waals surface area contributed by atoms with Crippen molar-refractivity contribution in [2.75, 3.05) is 10.6 Å². The van der Waals surface area contributed by atoms with E-state index in [1.54, 1.807) is 6.07 Å². The van der Waals surface area contributed by atoms with E-state index in [0.717, 1.165) is 16.8 Å². The van der Waals surface area contributed by atoms with E-state index in [2.05, 4.69) is 20.6 Å². The third-order valence-corrected chi connectivity index (χ3v) is 3.69. The first-order valence-electron chi connectivity index (χ1n) is 7.76. The zero-order valence-electron chi connectivity index (χ0n) is 13.9. The van der Waals surface area contributed by atoms with Crippen LogP contribution in [-0.2, 0) is 0 Å². The van der Waals surface area contributed by atoms with Crippen molar-refractivity contribution in [1.29, 1.82) is 0 Å². The fourth-order valence-electron chi connectivity index (χ4n) is 2.43. The summed E-state index contributed by atoms with van der Waals surface area (Å²) in [7, 11) is 0. The number of halogens is 1. The molecule has 0 bridgehead atoms. The quantitative estimate of drug-likeness (QED) is 0.748. The number of anilines is 3. The largest absolute Gasteiger partial charge is 0.324 e. The molecular formula is C19H17FN4O. The highest BCUT2D eigenvalue weighted by Gasteiger charge is 2.11. The van der Waals surface area contributed by atoms with E-state index in [1.165, 1.54) is 30.5 Å². The maximum absolute atomic E-state index is 13.2. The van der Waals surface area contributed by atoms with Crippen molar-refractivity contribution in [2.24, 2.45) is 0 Å². The summed E-state index contributed by atoms with van der Waals surface area (Å²) in [5.41, 5.74) is 3.57. The monoisotopic (exact) mass is 336 g/mol. The number of amides is 1. The van der Waals surface area contributed by atoms with Crippen molar-refractivity contribution in [1.82, 2.24) is 9.97 Å². The van der Waals surface area contributed by atoms with Gasteiger partial charge in [0.05, 0.1) is 0 Å². The zero-order chi connectivity index (χ0) is 17.8. The van der Waals surface area contributed by atoms with Crippen LogP contribution < -0.4 is 10.6 Å². The average molecular weight is 336 g/mol. The maximum atomic E-state index is 13.2. The van der Waals surface area contributed by atoms with E-state index in [4.69, 9.17) is 0 Å². The lowest BCUT2D eigenvalue weighted by Crippen LogP contribution is -2.15. The summed E-state index contributed by atoms with van der Waals surface area (Å²) < 4.78 is 13.2. The van der Waals surface area contributed by atoms with E-state index >= 15 is 0 Å². The second-order valence-electron chi connectivity index (χ2n) is 5.62. The number of nitrogens with one attached hydrogen (secondary N) is 2. The normalized spacial score (nSPS) is 10.4. The Morgan fingerprint density at radius 3 is 2.48 bits per heavy atom. The SMILES string of the molecule is Cc1cccc(C)c1Nc1nccc(C(=O)Nc2cccc(F)c2)n1. The van der Waals surface area contributed by atoms with Gasteiger partial charge in [-0.05, 0) is 49.2 Å². The van der Waals surface area contributed by atoms with Crippen LogP contribution in [0.2, 0.25) is 0 Å². The van der Waals surface area contributed by atoms with Crippen molar-refractivity contribution in [3.63, 3.8) is 0 Å². The summed E-state index contributed by atoms with van der Waals surface area (Å²) in [6.07, 6.45) is 1.50. The Balaban J connectivity index is 1.80. The van der Waals surface area contributed by atoms with Crippen LogP contribution >= 0.6 is 0 Å². The van der Waals surface area contributed by atoms with Gasteiger partial charge in [-0.3, -0.25) is 4.79 Å². The molecule has 0 aliphatic carbocycles. The summed E-state index contributed by atoms with van der Waals surface area (Å²) in [5.74, 6) is -0.528. The van der Waals surface area contributed by atoms with Crippen LogP contribution in [-0.4, -0.2) is 15.9 Å². The first-order valence-corrected chi connectivity index (χ1v) is 7.76. The van der Waals surface area contributed by atoms with Crippen LogP contribution in [0.5, 0.6) is 0 Å². The van der Waals surface area contributed by atoms with Crippen LogP contribution in [0, 0.1) is 19.7 Å². The Bertz CT molecular complexity index is 907. The van der Waals surface area contributed by atoms with Crippen LogP contribution in [0.25, 0.3) is 0 Å². The number of aryl methyl sites for hydroxylation is 2. The van der Waals surface area contributed by atoms with Crippen molar-refractivity contribution in [3.8, 4) is 0 Å². The molecule has 0 aliphatic rings. The van der Waals surface area contributed by atoms with Gasteiger partial charge in [-0.1, -0.05) is 24.3 Å². The molecule has 25 heavy (non-hydrogen) atoms. The molecule has 1 heterocycles. The molecule has 0 fully saturated rings. The van der Waals surface area contributed by atoms with Crippen molar-refractivity contribution < 1.29 is 9.18 Å². The summed E-state index contributed by atoms with van der Waals surface area (Å²) in [6, 6.07) is 13.1. The van der Waals surface area contributed by atoms with Gasteiger partial charge in [0.2, 0.25) is 5.95 Å². The van der Waals surface area contributed by atoms with Gasteiger partial charge in [-0.2, -0.15) is 0 Å². The number of carbonyl (C=O) groups is 1. The second-order valence-corrected chi connectivity index (χ2v) is 5.62. The number of hydrogen-bond donors (Lipinski definition) is 2. The Kier molecular flexibility index (Phi) is 4.70. The number of nitrogens with zero attached hydrogens (tertiary/aromatic N) is 2. The molecule has 2 aromatic carbocycles. The van der Waals surface area contributed by atoms with Crippen LogP contribution in [0.4, 0.5) is 21.7 Å². The topological polar surface area (TPSA) is 66.9 Å². The predicted octanol–water partition coefficient (Wildman–Crippen LogP) is 4.23. The highest BCUT2D eigenvalue weighted by atomic mass is 19.1. The van der Waals surface area contributed by atoms with E-state index < -0.39 is 11.7 Å². The highest BCUT2D eigenvalue weighted by molar-refractivity contribution is 6.03. The number of benzene rings is 2. The van der Waals surface area contributed by atoms with Gasteiger partial charge in [0, 0.05) is 17.6 Å². The standard InChI is InChI=1S/C19H17FN4O/c1-12-5-3-6-13(2)17(12)24-19-21-10-9-16(23-19)18(25)22-15-8-4-7-14(20)11-15/h3-11H,1-2H3,(H,22,25)(H,21,23,24). The Labute approximate surface area is 145 Å². The molecule has 0 saturated carbocycles. The minimum Gasteiger partial charge on any atom is -0.324 e. The molecule has 0 radical (unpaired) electrons. The molecule has 0 aliphatic heterocycles. The molecule has 0 spiro atoms. The van der Waals surface area contributed by atoms with Gasteiger partial charge in [0.1, 0.15) is 11.5 Å². The van der Waals surface area contributed by atoms with Crippen LogP contribution in [0.15, 0.2) is 54.7 Å². The van der Waals surface area contributed by atoms with E-state index in [9.17, 15) is 9.18 Å². The minimum atomic E-state index is -0.433. The number of carbonyl (C=O) groups excluding carboxylic acids is 1. The fraction of sp³-hybridized carbons (Fsp3) is 0.105. The first kappa shape index (κ1) is 16.6. The van der Waals surface area contributed by atoms with Gasteiger partial charge in [0.15, 0.2) is 0 Å². The fourth-order valence-corrected chi connectivity index (χ4v) is 2.43. The van der Waals surface area contributed by atoms with Crippen LogP contribution in [0.3, 0.4) is 0 Å². The third kappa shape index (κ3) is 3.98. The van der Waals surface area contributed by atoms with Crippen molar-refractivity contribution in [3.05, 3.63) is 77.4 Å². The Morgan fingerprint density at radius 2 is 1.76 bits per heavy atom. The molecule has 6 heteroatoms. The molecule has 3 rings (SSSR count). The molecular weight excluding hydrogens is 319 g/mol. The molecule has 126 valence electrons. The van der Waals surface area contributed by atoms with Crippen LogP contribution in [0.1, 0.15) is 21.6 Å². The molecule has 1 amide bonds. The Morgan fingerprint density at radius 1 is 1.04 bits per heavy atom. The molecule has 0 atom stereocenters. The predicted molar refractivity (Wildman–Crippen MR) is 95.6 cm³/mol. The smallest absolute Gasteiger partial charge is 0.274 e. The summed E-state index contributed by atoms with van der Waals surface area (Å²) in [5, 5.41) is 5.76. The minimum absolute atomic E-state index is 0.188. The van der Waals surface area contributed by atoms with Gasteiger partial charge in [-0.25, -0.2) is 14.4 Å². The average Bonchev–Trinajstić information content (AvgIpc) is 2.58. The van der Waals surface area contributed by atoms with E-state index in [0.29, 0.717) is 11.6 Å². The number of para-hydroxylation sites is 1. The first-order chi connectivity index (χ1) is 12.0. The van der Waals surface area contributed by atoms with Gasteiger partial charge in [0.25, 0.3) is 5.91 Å². The Hall–Kier alpha value is -3.28. The maximum Gasteiger partial charge on any atom is 0.274 e. The third-order valence-electron chi connectivity index (χ3n) is 3.69. The zero-order valence-corrected chi connectivity index (χ0v) is 13.9. The molecule has 5 nitrogen and oxygen atoms in total. The molecule has 2 N–H and O–H groups in total. The van der Waals surface area contributed by atoms with Gasteiger partial charge >= 0.3 is 0 Å². The second kappa shape index (κ2) is 7.09. The number of hydrogen-bond acceptors (Lipinski definition) is 4. The van der Waals surface area contributed by atoms with E-state index in [1.807, 2.05) is 32.0 Å². The molecule has 1 aromatic heterocycles. The summed E-state index contributed by atoms with van der Waals surface area (Å²) >= 11 is 0. The molecule has 0 saturated heterocycles. The number of rotatable bonds is 4. The molecule has 3 aromatic rings. The van der Waals surface area contributed by atoms with Gasteiger partial charge in [-0.15, -0.1) is 0 Å². The number of aromatic nitrogens is 2. The van der Waals surface area contributed by atoms with E-state index in [-0.39, 0.29) is 5.69 Å². The van der Waals surface area contributed by atoms with Crippen molar-refractivity contribution >= 4 is 23.2 Å².